The maximum Gasteiger partial charge on any atom is 0.0783 e. The van der Waals surface area contributed by atoms with E-state index in [1.54, 1.807) is 0 Å². The van der Waals surface area contributed by atoms with E-state index < -0.39 is 0 Å². The molecular formula is C17H31NOS. The van der Waals surface area contributed by atoms with Gasteiger partial charge in [0.2, 0.25) is 0 Å². The molecule has 0 aromatic rings. The Kier molecular flexibility index (Phi) is 4.41. The van der Waals surface area contributed by atoms with E-state index in [2.05, 4.69) is 37.8 Å². The van der Waals surface area contributed by atoms with E-state index >= 15 is 0 Å². The molecular weight excluding hydrogens is 266 g/mol. The van der Waals surface area contributed by atoms with Gasteiger partial charge in [0.15, 0.2) is 0 Å². The molecule has 3 rings (SSSR count). The molecule has 2 saturated heterocycles. The van der Waals surface area contributed by atoms with Gasteiger partial charge in [0.1, 0.15) is 0 Å². The molecule has 1 aliphatic carbocycles. The van der Waals surface area contributed by atoms with Gasteiger partial charge in [-0.25, -0.2) is 0 Å². The Morgan fingerprint density at radius 3 is 2.75 bits per heavy atom. The van der Waals surface area contributed by atoms with Gasteiger partial charge in [-0.2, -0.15) is 11.8 Å². The summed E-state index contributed by atoms with van der Waals surface area (Å²) in [6, 6.07) is 0.733. The smallest absolute Gasteiger partial charge is 0.0783 e. The molecule has 3 heteroatoms. The lowest BCUT2D eigenvalue weighted by Crippen LogP contribution is -2.48. The van der Waals surface area contributed by atoms with Crippen LogP contribution in [0, 0.1) is 17.3 Å². The summed E-state index contributed by atoms with van der Waals surface area (Å²) in [6.07, 6.45) is 6.50. The van der Waals surface area contributed by atoms with Crippen molar-refractivity contribution in [1.29, 1.82) is 0 Å². The van der Waals surface area contributed by atoms with Crippen LogP contribution < -0.4 is 5.32 Å². The Balaban J connectivity index is 1.67. The van der Waals surface area contributed by atoms with Crippen molar-refractivity contribution in [2.45, 2.75) is 64.5 Å². The SMILES string of the molecule is CCCNC(C1CCOC2(CCSC2)C1)C1CC1(C)C. The quantitative estimate of drug-likeness (QED) is 0.836. The van der Waals surface area contributed by atoms with Gasteiger partial charge in [-0.1, -0.05) is 20.8 Å². The largest absolute Gasteiger partial charge is 0.374 e. The van der Waals surface area contributed by atoms with Gasteiger partial charge in [0.05, 0.1) is 5.60 Å². The minimum atomic E-state index is 0.235. The van der Waals surface area contributed by atoms with Gasteiger partial charge < -0.3 is 10.1 Å². The van der Waals surface area contributed by atoms with Crippen molar-refractivity contribution in [3.05, 3.63) is 0 Å². The number of thioether (sulfide) groups is 1. The Morgan fingerprint density at radius 1 is 1.35 bits per heavy atom. The first-order valence-corrected chi connectivity index (χ1v) is 9.67. The second kappa shape index (κ2) is 5.81. The summed E-state index contributed by atoms with van der Waals surface area (Å²) < 4.78 is 6.21. The topological polar surface area (TPSA) is 21.3 Å². The molecule has 0 aromatic heterocycles. The van der Waals surface area contributed by atoms with Gasteiger partial charge >= 0.3 is 0 Å². The van der Waals surface area contributed by atoms with E-state index in [1.807, 2.05) is 0 Å². The Morgan fingerprint density at radius 2 is 2.15 bits per heavy atom. The number of hydrogen-bond acceptors (Lipinski definition) is 3. The van der Waals surface area contributed by atoms with E-state index in [9.17, 15) is 0 Å². The standard InChI is InChI=1S/C17H31NOS/c1-4-7-18-15(14-11-16(14,2)3)13-5-8-19-17(10-13)6-9-20-12-17/h13-15,18H,4-12H2,1-3H3. The molecule has 20 heavy (non-hydrogen) atoms. The molecule has 0 radical (unpaired) electrons. The first-order chi connectivity index (χ1) is 9.56. The summed E-state index contributed by atoms with van der Waals surface area (Å²) in [5.74, 6) is 4.26. The predicted molar refractivity (Wildman–Crippen MR) is 87.3 cm³/mol. The minimum Gasteiger partial charge on any atom is -0.374 e. The summed E-state index contributed by atoms with van der Waals surface area (Å²) in [6.45, 7) is 9.33. The average Bonchev–Trinajstić information content (AvgIpc) is 2.83. The van der Waals surface area contributed by atoms with Crippen LogP contribution in [0.2, 0.25) is 0 Å². The molecule has 1 N–H and O–H groups in total. The van der Waals surface area contributed by atoms with Crippen molar-refractivity contribution in [3.8, 4) is 0 Å². The molecule has 1 saturated carbocycles. The van der Waals surface area contributed by atoms with Crippen LogP contribution in [0.5, 0.6) is 0 Å². The summed E-state index contributed by atoms with van der Waals surface area (Å²) in [7, 11) is 0. The first-order valence-electron chi connectivity index (χ1n) is 8.51. The molecule has 116 valence electrons. The lowest BCUT2D eigenvalue weighted by Gasteiger charge is -2.41. The van der Waals surface area contributed by atoms with Crippen LogP contribution in [0.15, 0.2) is 0 Å². The zero-order valence-electron chi connectivity index (χ0n) is 13.4. The van der Waals surface area contributed by atoms with Crippen molar-refractivity contribution in [3.63, 3.8) is 0 Å². The normalized spacial score (nSPS) is 41.0. The highest BCUT2D eigenvalue weighted by atomic mass is 32.2. The second-order valence-electron chi connectivity index (χ2n) is 7.87. The van der Waals surface area contributed by atoms with Crippen molar-refractivity contribution in [2.75, 3.05) is 24.7 Å². The monoisotopic (exact) mass is 297 g/mol. The fourth-order valence-electron chi connectivity index (χ4n) is 4.30. The molecule has 0 bridgehead atoms. The Hall–Kier alpha value is 0.270. The Labute approximate surface area is 128 Å². The van der Waals surface area contributed by atoms with Crippen LogP contribution >= 0.6 is 11.8 Å². The lowest BCUT2D eigenvalue weighted by atomic mass is 9.78. The van der Waals surface area contributed by atoms with E-state index in [1.165, 1.54) is 50.2 Å². The van der Waals surface area contributed by atoms with E-state index in [-0.39, 0.29) is 5.60 Å². The van der Waals surface area contributed by atoms with Crippen LogP contribution in [-0.4, -0.2) is 36.3 Å². The second-order valence-corrected chi connectivity index (χ2v) is 8.97. The van der Waals surface area contributed by atoms with Gasteiger partial charge in [-0.05, 0) is 61.7 Å². The molecule has 2 aliphatic heterocycles. The molecule has 3 aliphatic rings. The van der Waals surface area contributed by atoms with Gasteiger partial charge in [0.25, 0.3) is 0 Å². The van der Waals surface area contributed by atoms with Crippen molar-refractivity contribution >= 4 is 11.8 Å². The summed E-state index contributed by atoms with van der Waals surface area (Å²) in [5, 5.41) is 3.90. The number of ether oxygens (including phenoxy) is 1. The van der Waals surface area contributed by atoms with E-state index in [4.69, 9.17) is 4.74 Å². The molecule has 2 nitrogen and oxygen atoms in total. The van der Waals surface area contributed by atoms with Gasteiger partial charge in [-0.15, -0.1) is 0 Å². The fourth-order valence-corrected chi connectivity index (χ4v) is 5.68. The first kappa shape index (κ1) is 15.2. The van der Waals surface area contributed by atoms with Gasteiger partial charge in [0, 0.05) is 18.4 Å². The van der Waals surface area contributed by atoms with E-state index in [0.717, 1.165) is 24.5 Å². The van der Waals surface area contributed by atoms with Crippen molar-refractivity contribution in [2.24, 2.45) is 17.3 Å². The van der Waals surface area contributed by atoms with Crippen LogP contribution in [0.1, 0.15) is 52.9 Å². The highest BCUT2D eigenvalue weighted by Crippen LogP contribution is 2.56. The molecule has 0 amide bonds. The lowest BCUT2D eigenvalue weighted by molar-refractivity contribution is -0.0868. The number of rotatable bonds is 5. The summed E-state index contributed by atoms with van der Waals surface area (Å²) >= 11 is 2.09. The molecule has 2 heterocycles. The third-order valence-corrected chi connectivity index (χ3v) is 6.98. The van der Waals surface area contributed by atoms with Crippen molar-refractivity contribution < 1.29 is 4.74 Å². The molecule has 4 atom stereocenters. The summed E-state index contributed by atoms with van der Waals surface area (Å²) in [4.78, 5) is 0. The third-order valence-electron chi connectivity index (χ3n) is 5.76. The molecule has 1 spiro atoms. The number of hydrogen-bond donors (Lipinski definition) is 1. The summed E-state index contributed by atoms with van der Waals surface area (Å²) in [5.41, 5.74) is 0.806. The maximum absolute atomic E-state index is 6.21. The van der Waals surface area contributed by atoms with Crippen LogP contribution in [0.4, 0.5) is 0 Å². The van der Waals surface area contributed by atoms with Crippen LogP contribution in [0.3, 0.4) is 0 Å². The fraction of sp³-hybridized carbons (Fsp3) is 1.00. The maximum atomic E-state index is 6.21. The Bertz CT molecular complexity index is 338. The van der Waals surface area contributed by atoms with Crippen LogP contribution in [0.25, 0.3) is 0 Å². The average molecular weight is 298 g/mol. The van der Waals surface area contributed by atoms with Crippen molar-refractivity contribution in [1.82, 2.24) is 5.32 Å². The number of nitrogens with one attached hydrogen (secondary N) is 1. The van der Waals surface area contributed by atoms with Crippen LogP contribution in [-0.2, 0) is 4.74 Å². The third kappa shape index (κ3) is 3.05. The molecule has 0 aromatic carbocycles. The highest BCUT2D eigenvalue weighted by Gasteiger charge is 2.53. The van der Waals surface area contributed by atoms with E-state index in [0.29, 0.717) is 5.41 Å². The van der Waals surface area contributed by atoms with Gasteiger partial charge in [-0.3, -0.25) is 0 Å². The zero-order chi connectivity index (χ0) is 14.2. The minimum absolute atomic E-state index is 0.235. The molecule has 4 unspecified atom stereocenters. The predicted octanol–water partition coefficient (Wildman–Crippen LogP) is 3.70. The molecule has 3 fully saturated rings. The highest BCUT2D eigenvalue weighted by molar-refractivity contribution is 7.99. The zero-order valence-corrected chi connectivity index (χ0v) is 14.2.